The molecule has 0 N–H and O–H groups in total. The molecule has 0 saturated carbocycles. The number of aryl methyl sites for hydroxylation is 1. The fourth-order valence-corrected chi connectivity index (χ4v) is 1.83. The van der Waals surface area contributed by atoms with Crippen LogP contribution in [0.3, 0.4) is 0 Å². The van der Waals surface area contributed by atoms with Gasteiger partial charge >= 0.3 is 5.97 Å². The van der Waals surface area contributed by atoms with Crippen molar-refractivity contribution < 1.29 is 22.4 Å². The van der Waals surface area contributed by atoms with Crippen LogP contribution in [0.15, 0.2) is 4.42 Å². The van der Waals surface area contributed by atoms with E-state index in [9.17, 15) is 13.2 Å². The van der Waals surface area contributed by atoms with E-state index in [0.29, 0.717) is 12.1 Å². The van der Waals surface area contributed by atoms with Crippen LogP contribution in [0.1, 0.15) is 49.3 Å². The number of hydrogen-bond donors (Lipinski definition) is 0. The molecule has 0 bridgehead atoms. The molecule has 7 heteroatoms. The summed E-state index contributed by atoms with van der Waals surface area (Å²) in [6.07, 6.45) is 2.39. The summed E-state index contributed by atoms with van der Waals surface area (Å²) in [5.41, 5.74) is 0.432. The minimum absolute atomic E-state index is 0.0128. The maximum atomic E-state index is 11.8. The zero-order valence-electron chi connectivity index (χ0n) is 11.8. The Morgan fingerprint density at radius 1 is 1.42 bits per heavy atom. The van der Waals surface area contributed by atoms with Gasteiger partial charge < -0.3 is 9.15 Å². The summed E-state index contributed by atoms with van der Waals surface area (Å²) in [5.74, 6) is -0.651. The largest absolute Gasteiger partial charge is 0.463 e. The van der Waals surface area contributed by atoms with Crippen LogP contribution in [-0.2, 0) is 25.7 Å². The van der Waals surface area contributed by atoms with Gasteiger partial charge in [-0.3, -0.25) is 0 Å². The molecule has 1 aromatic heterocycles. The van der Waals surface area contributed by atoms with E-state index >= 15 is 0 Å². The monoisotopic (exact) mass is 289 g/mol. The van der Waals surface area contributed by atoms with Crippen LogP contribution in [0, 0.1) is 0 Å². The molecule has 0 aromatic carbocycles. The Bertz CT molecular complexity index is 571. The molecule has 0 spiro atoms. The Morgan fingerprint density at radius 3 is 2.42 bits per heavy atom. The van der Waals surface area contributed by atoms with Gasteiger partial charge in [0.15, 0.2) is 9.84 Å². The van der Waals surface area contributed by atoms with Crippen molar-refractivity contribution in [2.75, 3.05) is 13.4 Å². The van der Waals surface area contributed by atoms with Crippen molar-refractivity contribution in [2.24, 2.45) is 0 Å². The number of methoxy groups -OCH3 is 1. The number of sulfone groups is 1. The quantitative estimate of drug-likeness (QED) is 0.767. The topological polar surface area (TPSA) is 86.5 Å². The van der Waals surface area contributed by atoms with Crippen molar-refractivity contribution >= 4 is 15.8 Å². The standard InChI is InChI=1S/C12H19NO5S/c1-6-7-8-9(10(14)17-4)18-11(13-8)12(2,3)19(5,15)16/h6-7H2,1-5H3. The third kappa shape index (κ3) is 2.97. The average molecular weight is 289 g/mol. The van der Waals surface area contributed by atoms with Crippen molar-refractivity contribution in [1.29, 1.82) is 0 Å². The van der Waals surface area contributed by atoms with Gasteiger partial charge in [-0.05, 0) is 20.3 Å². The number of nitrogens with zero attached hydrogens (tertiary/aromatic N) is 1. The lowest BCUT2D eigenvalue weighted by Gasteiger charge is -2.17. The molecular weight excluding hydrogens is 270 g/mol. The van der Waals surface area contributed by atoms with Crippen LogP contribution >= 0.6 is 0 Å². The Morgan fingerprint density at radius 2 is 2.00 bits per heavy atom. The molecule has 0 unspecified atom stereocenters. The van der Waals surface area contributed by atoms with Crippen LogP contribution in [0.4, 0.5) is 0 Å². The van der Waals surface area contributed by atoms with Gasteiger partial charge in [0.25, 0.3) is 0 Å². The van der Waals surface area contributed by atoms with Crippen LogP contribution < -0.4 is 0 Å². The van der Waals surface area contributed by atoms with Gasteiger partial charge in [-0.2, -0.15) is 0 Å². The van der Waals surface area contributed by atoms with E-state index in [4.69, 9.17) is 4.42 Å². The summed E-state index contributed by atoms with van der Waals surface area (Å²) in [5, 5.41) is 0. The molecular formula is C12H19NO5S. The summed E-state index contributed by atoms with van der Waals surface area (Å²) in [6, 6.07) is 0. The smallest absolute Gasteiger partial charge is 0.375 e. The van der Waals surface area contributed by atoms with Gasteiger partial charge in [0.05, 0.1) is 12.8 Å². The van der Waals surface area contributed by atoms with Gasteiger partial charge in [-0.25, -0.2) is 18.2 Å². The molecule has 0 atom stereocenters. The molecule has 1 aromatic rings. The van der Waals surface area contributed by atoms with Crippen molar-refractivity contribution in [3.05, 3.63) is 17.3 Å². The highest BCUT2D eigenvalue weighted by molar-refractivity contribution is 7.91. The number of aromatic nitrogens is 1. The first-order valence-electron chi connectivity index (χ1n) is 5.93. The first-order valence-corrected chi connectivity index (χ1v) is 7.82. The maximum absolute atomic E-state index is 11.8. The van der Waals surface area contributed by atoms with E-state index < -0.39 is 20.6 Å². The zero-order chi connectivity index (χ0) is 14.8. The Labute approximate surface area is 113 Å². The Kier molecular flexibility index (Phi) is 4.39. The minimum atomic E-state index is -3.41. The first kappa shape index (κ1) is 15.7. The number of carbonyl (C=O) groups excluding carboxylic acids is 1. The highest BCUT2D eigenvalue weighted by Gasteiger charge is 2.39. The van der Waals surface area contributed by atoms with Crippen LogP contribution in [0.25, 0.3) is 0 Å². The summed E-state index contributed by atoms with van der Waals surface area (Å²) in [7, 11) is -2.18. The van der Waals surface area contributed by atoms with Crippen LogP contribution in [0.5, 0.6) is 0 Å². The lowest BCUT2D eigenvalue weighted by molar-refractivity contribution is 0.0560. The van der Waals surface area contributed by atoms with Gasteiger partial charge in [-0.1, -0.05) is 13.3 Å². The average Bonchev–Trinajstić information content (AvgIpc) is 2.71. The Balaban J connectivity index is 3.37. The number of oxazole rings is 1. The number of carbonyl (C=O) groups is 1. The second-order valence-corrected chi connectivity index (χ2v) is 7.38. The predicted molar refractivity (Wildman–Crippen MR) is 69.7 cm³/mol. The normalized spacial score (nSPS) is 12.5. The molecule has 0 saturated heterocycles. The van der Waals surface area contributed by atoms with Crippen molar-refractivity contribution in [1.82, 2.24) is 4.98 Å². The summed E-state index contributed by atoms with van der Waals surface area (Å²) in [6.45, 7) is 4.91. The zero-order valence-corrected chi connectivity index (χ0v) is 12.6. The highest BCUT2D eigenvalue weighted by Crippen LogP contribution is 2.30. The third-order valence-corrected chi connectivity index (χ3v) is 5.03. The first-order chi connectivity index (χ1) is 8.65. The fourth-order valence-electron chi connectivity index (χ4n) is 1.43. The maximum Gasteiger partial charge on any atom is 0.375 e. The molecule has 1 heterocycles. The van der Waals surface area contributed by atoms with Crippen molar-refractivity contribution in [2.45, 2.75) is 38.4 Å². The molecule has 0 aliphatic rings. The lowest BCUT2D eigenvalue weighted by Crippen LogP contribution is -2.28. The lowest BCUT2D eigenvalue weighted by atomic mass is 10.2. The van der Waals surface area contributed by atoms with Gasteiger partial charge in [0, 0.05) is 6.26 Å². The number of hydrogen-bond acceptors (Lipinski definition) is 6. The number of esters is 1. The van der Waals surface area contributed by atoms with Crippen molar-refractivity contribution in [3.8, 4) is 0 Å². The number of ether oxygens (including phenoxy) is 1. The van der Waals surface area contributed by atoms with E-state index in [1.165, 1.54) is 21.0 Å². The second kappa shape index (κ2) is 5.32. The van der Waals surface area contributed by atoms with E-state index in [2.05, 4.69) is 9.72 Å². The van der Waals surface area contributed by atoms with Gasteiger partial charge in [0.2, 0.25) is 11.7 Å². The number of rotatable bonds is 5. The second-order valence-electron chi connectivity index (χ2n) is 4.82. The molecule has 0 fully saturated rings. The molecule has 0 amide bonds. The summed E-state index contributed by atoms with van der Waals surface area (Å²) < 4.78 is 32.2. The van der Waals surface area contributed by atoms with Crippen LogP contribution in [-0.4, -0.2) is 32.7 Å². The highest BCUT2D eigenvalue weighted by atomic mass is 32.2. The Hall–Kier alpha value is -1.37. The summed E-state index contributed by atoms with van der Waals surface area (Å²) >= 11 is 0. The fraction of sp³-hybridized carbons (Fsp3) is 0.667. The minimum Gasteiger partial charge on any atom is -0.463 e. The predicted octanol–water partition coefficient (Wildman–Crippen LogP) is 1.69. The molecule has 0 aliphatic carbocycles. The molecule has 0 aliphatic heterocycles. The summed E-state index contributed by atoms with van der Waals surface area (Å²) in [4.78, 5) is 15.8. The SMILES string of the molecule is CCCc1nc(C(C)(C)S(C)(=O)=O)oc1C(=O)OC. The van der Waals surface area contributed by atoms with E-state index in [1.54, 1.807) is 0 Å². The van der Waals surface area contributed by atoms with E-state index in [-0.39, 0.29) is 11.7 Å². The molecule has 108 valence electrons. The van der Waals surface area contributed by atoms with E-state index in [0.717, 1.165) is 12.7 Å². The molecule has 19 heavy (non-hydrogen) atoms. The van der Waals surface area contributed by atoms with Crippen LogP contribution in [0.2, 0.25) is 0 Å². The molecule has 1 rings (SSSR count). The molecule has 6 nitrogen and oxygen atoms in total. The molecule has 0 radical (unpaired) electrons. The van der Waals surface area contributed by atoms with Gasteiger partial charge in [0.1, 0.15) is 4.75 Å². The van der Waals surface area contributed by atoms with E-state index in [1.807, 2.05) is 6.92 Å². The third-order valence-electron chi connectivity index (χ3n) is 3.00. The van der Waals surface area contributed by atoms with Crippen molar-refractivity contribution in [3.63, 3.8) is 0 Å². The van der Waals surface area contributed by atoms with Gasteiger partial charge in [-0.15, -0.1) is 0 Å².